The van der Waals surface area contributed by atoms with Gasteiger partial charge in [0, 0.05) is 24.1 Å². The molecular formula is C23H20FN7O3. The van der Waals surface area contributed by atoms with Gasteiger partial charge >= 0.3 is 0 Å². The lowest BCUT2D eigenvalue weighted by atomic mass is 10.0. The van der Waals surface area contributed by atoms with Gasteiger partial charge in [-0.2, -0.15) is 5.26 Å². The molecule has 3 aromatic rings. The van der Waals surface area contributed by atoms with E-state index in [1.54, 1.807) is 17.7 Å². The Kier molecular flexibility index (Phi) is 5.01. The molecule has 10 nitrogen and oxygen atoms in total. The SMILES string of the molecule is Cc1c(C(=O)C(=O)NC2(c3c[nH]nn3)CC2)c2n(c1C(=O)Nc1cc(F)cc(C#N)c1)CCC2. The van der Waals surface area contributed by atoms with Crippen molar-refractivity contribution in [2.24, 2.45) is 0 Å². The lowest BCUT2D eigenvalue weighted by Crippen LogP contribution is -2.40. The van der Waals surface area contributed by atoms with Crippen molar-refractivity contribution in [1.29, 1.82) is 5.26 Å². The quantitative estimate of drug-likeness (QED) is 0.379. The molecule has 34 heavy (non-hydrogen) atoms. The van der Waals surface area contributed by atoms with Crippen LogP contribution < -0.4 is 10.6 Å². The maximum Gasteiger partial charge on any atom is 0.293 e. The van der Waals surface area contributed by atoms with Crippen molar-refractivity contribution < 1.29 is 18.8 Å². The van der Waals surface area contributed by atoms with E-state index in [2.05, 4.69) is 26.0 Å². The van der Waals surface area contributed by atoms with Crippen molar-refractivity contribution in [3.63, 3.8) is 0 Å². The van der Waals surface area contributed by atoms with Gasteiger partial charge in [-0.25, -0.2) is 4.39 Å². The molecule has 1 saturated carbocycles. The molecule has 0 saturated heterocycles. The number of hydrogen-bond acceptors (Lipinski definition) is 6. The third-order valence-electron chi connectivity index (χ3n) is 6.35. The number of nitrogens with zero attached hydrogens (tertiary/aromatic N) is 4. The predicted octanol–water partition coefficient (Wildman–Crippen LogP) is 2.11. The van der Waals surface area contributed by atoms with E-state index in [4.69, 9.17) is 5.26 Å². The molecule has 1 aliphatic heterocycles. The van der Waals surface area contributed by atoms with E-state index < -0.39 is 29.0 Å². The number of carbonyl (C=O) groups excluding carboxylic acids is 3. The number of anilines is 1. The van der Waals surface area contributed by atoms with Gasteiger partial charge in [0.05, 0.1) is 22.7 Å². The van der Waals surface area contributed by atoms with Crippen molar-refractivity contribution >= 4 is 23.3 Å². The van der Waals surface area contributed by atoms with Crippen molar-refractivity contribution in [3.05, 3.63) is 64.0 Å². The first kappa shape index (κ1) is 21.5. The zero-order chi connectivity index (χ0) is 24.0. The van der Waals surface area contributed by atoms with Gasteiger partial charge in [0.2, 0.25) is 0 Å². The van der Waals surface area contributed by atoms with Crippen LogP contribution in [0.3, 0.4) is 0 Å². The third-order valence-corrected chi connectivity index (χ3v) is 6.35. The zero-order valence-corrected chi connectivity index (χ0v) is 18.2. The van der Waals surface area contributed by atoms with Crippen LogP contribution in [0.1, 0.15) is 62.6 Å². The number of fused-ring (bicyclic) bond motifs is 1. The molecule has 3 N–H and O–H groups in total. The number of nitrogens with one attached hydrogen (secondary N) is 3. The average Bonchev–Trinajstić information content (AvgIpc) is 3.15. The van der Waals surface area contributed by atoms with E-state index >= 15 is 0 Å². The van der Waals surface area contributed by atoms with Crippen LogP contribution in [0.15, 0.2) is 24.4 Å². The van der Waals surface area contributed by atoms with Crippen LogP contribution in [-0.2, 0) is 23.3 Å². The number of aromatic nitrogens is 4. The Labute approximate surface area is 193 Å². The van der Waals surface area contributed by atoms with Gasteiger partial charge < -0.3 is 15.2 Å². The molecule has 0 unspecified atom stereocenters. The number of nitriles is 1. The van der Waals surface area contributed by atoms with Crippen molar-refractivity contribution in [1.82, 2.24) is 25.3 Å². The summed E-state index contributed by atoms with van der Waals surface area (Å²) in [6.07, 6.45) is 4.16. The maximum atomic E-state index is 13.8. The molecule has 3 heterocycles. The molecule has 1 aromatic carbocycles. The fraction of sp³-hybridized carbons (Fsp3) is 0.304. The number of Topliss-reactive ketones (excluding diaryl/α,β-unsaturated/α-hetero) is 1. The number of hydrogen-bond donors (Lipinski definition) is 3. The Morgan fingerprint density at radius 1 is 1.26 bits per heavy atom. The fourth-order valence-electron chi connectivity index (χ4n) is 4.62. The third kappa shape index (κ3) is 3.53. The maximum absolute atomic E-state index is 13.8. The number of aromatic amines is 1. The highest BCUT2D eigenvalue weighted by molar-refractivity contribution is 6.44. The Morgan fingerprint density at radius 2 is 2.06 bits per heavy atom. The van der Waals surface area contributed by atoms with Crippen LogP contribution >= 0.6 is 0 Å². The van der Waals surface area contributed by atoms with Gasteiger partial charge in [0.15, 0.2) is 0 Å². The molecule has 2 amide bonds. The molecule has 2 aliphatic rings. The van der Waals surface area contributed by atoms with Crippen LogP contribution in [0, 0.1) is 24.1 Å². The Hall–Kier alpha value is -4.33. The minimum absolute atomic E-state index is 0.0704. The van der Waals surface area contributed by atoms with Gasteiger partial charge in [-0.1, -0.05) is 5.21 Å². The number of halogens is 1. The Morgan fingerprint density at radius 3 is 2.74 bits per heavy atom. The van der Waals surface area contributed by atoms with Crippen LogP contribution in [0.25, 0.3) is 0 Å². The summed E-state index contributed by atoms with van der Waals surface area (Å²) in [5.41, 5.74) is 1.54. The van der Waals surface area contributed by atoms with Gasteiger partial charge in [-0.05, 0) is 56.4 Å². The smallest absolute Gasteiger partial charge is 0.293 e. The molecular weight excluding hydrogens is 441 g/mol. The largest absolute Gasteiger partial charge is 0.340 e. The minimum atomic E-state index is -0.764. The lowest BCUT2D eigenvalue weighted by Gasteiger charge is -2.14. The van der Waals surface area contributed by atoms with Gasteiger partial charge in [0.25, 0.3) is 17.6 Å². The normalized spacial score (nSPS) is 15.3. The highest BCUT2D eigenvalue weighted by atomic mass is 19.1. The first-order valence-corrected chi connectivity index (χ1v) is 10.8. The first-order valence-electron chi connectivity index (χ1n) is 10.8. The summed E-state index contributed by atoms with van der Waals surface area (Å²) >= 11 is 0. The predicted molar refractivity (Wildman–Crippen MR) is 116 cm³/mol. The number of H-pyrrole nitrogens is 1. The second kappa shape index (κ2) is 7.91. The Balaban J connectivity index is 1.43. The topological polar surface area (TPSA) is 146 Å². The molecule has 1 aliphatic carbocycles. The van der Waals surface area contributed by atoms with E-state index in [-0.39, 0.29) is 22.5 Å². The minimum Gasteiger partial charge on any atom is -0.340 e. The summed E-state index contributed by atoms with van der Waals surface area (Å²) in [6.45, 7) is 2.14. The standard InChI is InChI=1S/C23H20FN7O3/c1-12-18(20(32)22(34)28-23(4-5-23)17-11-26-30-29-17)16-3-2-6-31(16)19(12)21(33)27-15-8-13(10-25)7-14(24)9-15/h7-9,11H,2-6H2,1H3,(H,27,33)(H,28,34)(H,26,29,30). The highest BCUT2D eigenvalue weighted by Crippen LogP contribution is 2.44. The molecule has 11 heteroatoms. The Bertz CT molecular complexity index is 1380. The van der Waals surface area contributed by atoms with Crippen LogP contribution in [-0.4, -0.2) is 37.6 Å². The summed E-state index contributed by atoms with van der Waals surface area (Å²) in [6, 6.07) is 5.39. The molecule has 172 valence electrons. The average molecular weight is 461 g/mol. The van der Waals surface area contributed by atoms with Crippen LogP contribution in [0.2, 0.25) is 0 Å². The van der Waals surface area contributed by atoms with Crippen molar-refractivity contribution in [3.8, 4) is 6.07 Å². The van der Waals surface area contributed by atoms with Gasteiger partial charge in [0.1, 0.15) is 17.2 Å². The number of rotatable bonds is 6. The molecule has 1 fully saturated rings. The molecule has 2 aromatic heterocycles. The highest BCUT2D eigenvalue weighted by Gasteiger charge is 2.49. The molecule has 0 bridgehead atoms. The van der Waals surface area contributed by atoms with Gasteiger partial charge in [-0.3, -0.25) is 19.5 Å². The molecule has 0 atom stereocenters. The second-order valence-corrected chi connectivity index (χ2v) is 8.57. The van der Waals surface area contributed by atoms with E-state index in [0.717, 1.165) is 18.6 Å². The number of carbonyl (C=O) groups is 3. The number of benzene rings is 1. The zero-order valence-electron chi connectivity index (χ0n) is 18.2. The summed E-state index contributed by atoms with van der Waals surface area (Å²) in [7, 11) is 0. The molecule has 0 radical (unpaired) electrons. The van der Waals surface area contributed by atoms with E-state index in [1.807, 2.05) is 6.07 Å². The fourth-order valence-corrected chi connectivity index (χ4v) is 4.62. The van der Waals surface area contributed by atoms with Crippen molar-refractivity contribution in [2.75, 3.05) is 5.32 Å². The second-order valence-electron chi connectivity index (χ2n) is 8.57. The van der Waals surface area contributed by atoms with E-state index in [1.165, 1.54) is 6.07 Å². The summed E-state index contributed by atoms with van der Waals surface area (Å²) < 4.78 is 15.5. The summed E-state index contributed by atoms with van der Waals surface area (Å²) in [5, 5.41) is 24.7. The monoisotopic (exact) mass is 461 g/mol. The van der Waals surface area contributed by atoms with Crippen LogP contribution in [0.5, 0.6) is 0 Å². The van der Waals surface area contributed by atoms with Crippen molar-refractivity contribution in [2.45, 2.75) is 44.7 Å². The molecule has 5 rings (SSSR count). The summed E-state index contributed by atoms with van der Waals surface area (Å²) in [5.74, 6) is -2.68. The first-order chi connectivity index (χ1) is 16.3. The molecule has 0 spiro atoms. The van der Waals surface area contributed by atoms with Crippen LogP contribution in [0.4, 0.5) is 10.1 Å². The summed E-state index contributed by atoms with van der Waals surface area (Å²) in [4.78, 5) is 39.3. The lowest BCUT2D eigenvalue weighted by molar-refractivity contribution is -0.118. The van der Waals surface area contributed by atoms with E-state index in [0.29, 0.717) is 42.8 Å². The number of ketones is 1. The number of amides is 2. The van der Waals surface area contributed by atoms with E-state index in [9.17, 15) is 18.8 Å². The van der Waals surface area contributed by atoms with Gasteiger partial charge in [-0.15, -0.1) is 5.10 Å².